The summed E-state index contributed by atoms with van der Waals surface area (Å²) in [6.07, 6.45) is -0.0515. The Bertz CT molecular complexity index is 673. The van der Waals surface area contributed by atoms with Gasteiger partial charge in [-0.25, -0.2) is 9.37 Å². The molecule has 1 aromatic heterocycles. The SMILES string of the molecule is Nc1nc(CC(=O)Nc2ccc([N+](=O)[O-])cc2F)cs1. The number of halogens is 1. The molecule has 0 spiro atoms. The molecule has 0 fully saturated rings. The van der Waals surface area contributed by atoms with E-state index in [-0.39, 0.29) is 17.8 Å². The summed E-state index contributed by atoms with van der Waals surface area (Å²) < 4.78 is 13.6. The van der Waals surface area contributed by atoms with Crippen molar-refractivity contribution in [2.75, 3.05) is 11.1 Å². The van der Waals surface area contributed by atoms with Crippen molar-refractivity contribution in [3.8, 4) is 0 Å². The first-order valence-corrected chi connectivity index (χ1v) is 6.27. The maximum Gasteiger partial charge on any atom is 0.272 e. The molecule has 0 atom stereocenters. The van der Waals surface area contributed by atoms with Gasteiger partial charge in [-0.05, 0) is 6.07 Å². The van der Waals surface area contributed by atoms with Crippen LogP contribution in [-0.2, 0) is 11.2 Å². The summed E-state index contributed by atoms with van der Waals surface area (Å²) in [6.45, 7) is 0. The predicted octanol–water partition coefficient (Wildman–Crippen LogP) is 1.95. The molecule has 9 heteroatoms. The van der Waals surface area contributed by atoms with E-state index >= 15 is 0 Å². The lowest BCUT2D eigenvalue weighted by molar-refractivity contribution is -0.385. The van der Waals surface area contributed by atoms with Gasteiger partial charge in [0.15, 0.2) is 10.9 Å². The highest BCUT2D eigenvalue weighted by molar-refractivity contribution is 7.13. The van der Waals surface area contributed by atoms with E-state index in [0.717, 1.165) is 18.2 Å². The van der Waals surface area contributed by atoms with E-state index in [1.165, 1.54) is 11.3 Å². The number of nitro benzene ring substituents is 1. The Morgan fingerprint density at radius 3 is 2.85 bits per heavy atom. The molecule has 1 aromatic carbocycles. The largest absolute Gasteiger partial charge is 0.375 e. The molecular weight excluding hydrogens is 287 g/mol. The lowest BCUT2D eigenvalue weighted by Crippen LogP contribution is -2.15. The van der Waals surface area contributed by atoms with E-state index in [0.29, 0.717) is 10.8 Å². The summed E-state index contributed by atoms with van der Waals surface area (Å²) in [6, 6.07) is 3.00. The van der Waals surface area contributed by atoms with E-state index in [1.807, 2.05) is 0 Å². The van der Waals surface area contributed by atoms with Crippen LogP contribution in [0.15, 0.2) is 23.6 Å². The molecule has 1 amide bonds. The Balaban J connectivity index is 2.06. The number of nitrogens with two attached hydrogens (primary N) is 1. The van der Waals surface area contributed by atoms with Crippen LogP contribution in [0.2, 0.25) is 0 Å². The van der Waals surface area contributed by atoms with Crippen molar-refractivity contribution in [3.63, 3.8) is 0 Å². The Morgan fingerprint density at radius 2 is 2.30 bits per heavy atom. The van der Waals surface area contributed by atoms with Crippen molar-refractivity contribution in [1.29, 1.82) is 0 Å². The first-order valence-electron chi connectivity index (χ1n) is 5.39. The van der Waals surface area contributed by atoms with Crippen LogP contribution < -0.4 is 11.1 Å². The molecule has 0 saturated carbocycles. The molecule has 2 rings (SSSR count). The number of non-ortho nitro benzene ring substituents is 1. The first kappa shape index (κ1) is 13.9. The molecule has 0 aliphatic carbocycles. The molecule has 104 valence electrons. The van der Waals surface area contributed by atoms with E-state index in [9.17, 15) is 19.3 Å². The molecule has 0 aliphatic heterocycles. The monoisotopic (exact) mass is 296 g/mol. The maximum absolute atomic E-state index is 13.6. The number of nitrogens with zero attached hydrogens (tertiary/aromatic N) is 2. The molecule has 1 heterocycles. The summed E-state index contributed by atoms with van der Waals surface area (Å²) in [4.78, 5) is 25.3. The highest BCUT2D eigenvalue weighted by Crippen LogP contribution is 2.20. The third-order valence-corrected chi connectivity index (χ3v) is 3.07. The Morgan fingerprint density at radius 1 is 1.55 bits per heavy atom. The Labute approximate surface area is 116 Å². The molecule has 20 heavy (non-hydrogen) atoms. The van der Waals surface area contributed by atoms with Crippen LogP contribution in [-0.4, -0.2) is 15.8 Å². The fourth-order valence-electron chi connectivity index (χ4n) is 1.48. The average molecular weight is 296 g/mol. The first-order chi connectivity index (χ1) is 9.45. The molecule has 3 N–H and O–H groups in total. The van der Waals surface area contributed by atoms with Gasteiger partial charge in [0.25, 0.3) is 5.69 Å². The molecular formula is C11H9FN4O3S. The van der Waals surface area contributed by atoms with Gasteiger partial charge in [-0.3, -0.25) is 14.9 Å². The fraction of sp³-hybridized carbons (Fsp3) is 0.0909. The number of benzene rings is 1. The summed E-state index contributed by atoms with van der Waals surface area (Å²) in [7, 11) is 0. The minimum atomic E-state index is -0.870. The average Bonchev–Trinajstić information content (AvgIpc) is 2.77. The molecule has 2 aromatic rings. The maximum atomic E-state index is 13.6. The quantitative estimate of drug-likeness (QED) is 0.661. The standard InChI is InChI=1S/C11H9FN4O3S/c12-8-4-7(16(18)19)1-2-9(8)15-10(17)3-6-5-20-11(13)14-6/h1-2,4-5H,3H2,(H2,13,14)(H,15,17). The van der Waals surface area contributed by atoms with Crippen LogP contribution in [0.5, 0.6) is 0 Å². The number of anilines is 2. The minimum Gasteiger partial charge on any atom is -0.375 e. The van der Waals surface area contributed by atoms with E-state index < -0.39 is 16.6 Å². The van der Waals surface area contributed by atoms with Gasteiger partial charge in [0.1, 0.15) is 0 Å². The molecule has 0 radical (unpaired) electrons. The number of nitrogens with one attached hydrogen (secondary N) is 1. The van der Waals surface area contributed by atoms with Gasteiger partial charge in [-0.1, -0.05) is 0 Å². The van der Waals surface area contributed by atoms with Gasteiger partial charge < -0.3 is 11.1 Å². The van der Waals surface area contributed by atoms with Gasteiger partial charge >= 0.3 is 0 Å². The molecule has 7 nitrogen and oxygen atoms in total. The fourth-order valence-corrected chi connectivity index (χ4v) is 2.04. The highest BCUT2D eigenvalue weighted by Gasteiger charge is 2.13. The lowest BCUT2D eigenvalue weighted by Gasteiger charge is -2.05. The number of carbonyl (C=O) groups excluding carboxylic acids is 1. The number of nitro groups is 1. The van der Waals surface area contributed by atoms with Gasteiger partial charge in [-0.15, -0.1) is 11.3 Å². The molecule has 0 bridgehead atoms. The third kappa shape index (κ3) is 3.26. The van der Waals surface area contributed by atoms with Crippen molar-refractivity contribution in [1.82, 2.24) is 4.98 Å². The van der Waals surface area contributed by atoms with Crippen LogP contribution in [0.1, 0.15) is 5.69 Å². The minimum absolute atomic E-state index is 0.0515. The highest BCUT2D eigenvalue weighted by atomic mass is 32.1. The van der Waals surface area contributed by atoms with Crippen molar-refractivity contribution in [3.05, 3.63) is 45.2 Å². The van der Waals surface area contributed by atoms with Crippen LogP contribution >= 0.6 is 11.3 Å². The van der Waals surface area contributed by atoms with Crippen molar-refractivity contribution >= 4 is 33.8 Å². The number of amides is 1. The molecule has 0 saturated heterocycles. The van der Waals surface area contributed by atoms with Crippen LogP contribution in [0.4, 0.5) is 20.9 Å². The second-order valence-electron chi connectivity index (χ2n) is 3.82. The zero-order valence-corrected chi connectivity index (χ0v) is 10.8. The number of nitrogen functional groups attached to an aromatic ring is 1. The topological polar surface area (TPSA) is 111 Å². The van der Waals surface area contributed by atoms with Crippen molar-refractivity contribution in [2.24, 2.45) is 0 Å². The zero-order chi connectivity index (χ0) is 14.7. The smallest absolute Gasteiger partial charge is 0.272 e. The molecule has 0 unspecified atom stereocenters. The van der Waals surface area contributed by atoms with Gasteiger partial charge in [0.2, 0.25) is 5.91 Å². The van der Waals surface area contributed by atoms with Crippen LogP contribution in [0.3, 0.4) is 0 Å². The van der Waals surface area contributed by atoms with Gasteiger partial charge in [-0.2, -0.15) is 0 Å². The van der Waals surface area contributed by atoms with Gasteiger partial charge in [0.05, 0.1) is 28.8 Å². The zero-order valence-electron chi connectivity index (χ0n) is 10.00. The van der Waals surface area contributed by atoms with Crippen molar-refractivity contribution in [2.45, 2.75) is 6.42 Å². The lowest BCUT2D eigenvalue weighted by atomic mass is 10.2. The number of carbonyl (C=O) groups is 1. The summed E-state index contributed by atoms with van der Waals surface area (Å²) in [5.41, 5.74) is 5.40. The normalized spacial score (nSPS) is 10.2. The number of thiazole rings is 1. The van der Waals surface area contributed by atoms with Crippen LogP contribution in [0, 0.1) is 15.9 Å². The third-order valence-electron chi connectivity index (χ3n) is 2.35. The van der Waals surface area contributed by atoms with Gasteiger partial charge in [0, 0.05) is 11.4 Å². The number of hydrogen-bond donors (Lipinski definition) is 2. The summed E-state index contributed by atoms with van der Waals surface area (Å²) in [5, 5.41) is 14.8. The number of rotatable bonds is 4. The predicted molar refractivity (Wildman–Crippen MR) is 71.9 cm³/mol. The van der Waals surface area contributed by atoms with Crippen LogP contribution in [0.25, 0.3) is 0 Å². The molecule has 0 aliphatic rings. The summed E-state index contributed by atoms with van der Waals surface area (Å²) in [5.74, 6) is -1.35. The Kier molecular flexibility index (Phi) is 3.89. The second kappa shape index (κ2) is 5.61. The van der Waals surface area contributed by atoms with E-state index in [2.05, 4.69) is 10.3 Å². The number of aromatic nitrogens is 1. The Hall–Kier alpha value is -2.55. The second-order valence-corrected chi connectivity index (χ2v) is 4.71. The number of hydrogen-bond acceptors (Lipinski definition) is 6. The van der Waals surface area contributed by atoms with Crippen molar-refractivity contribution < 1.29 is 14.1 Å². The van der Waals surface area contributed by atoms with E-state index in [4.69, 9.17) is 5.73 Å². The van der Waals surface area contributed by atoms with E-state index in [1.54, 1.807) is 5.38 Å². The summed E-state index contributed by atoms with van der Waals surface area (Å²) >= 11 is 1.20.